The second-order valence-electron chi connectivity index (χ2n) is 9.88. The maximum atomic E-state index is 13.0. The highest BCUT2D eigenvalue weighted by Gasteiger charge is 2.28. The van der Waals surface area contributed by atoms with Crippen molar-refractivity contribution in [1.82, 2.24) is 26.6 Å². The smallest absolute Gasteiger partial charge is 0.274 e. The number of nitrogens with one attached hydrogen (secondary N) is 4. The molecule has 2 aromatic carbocycles. The normalized spacial score (nSPS) is 12.9. The zero-order valence-electron chi connectivity index (χ0n) is 22.1. The summed E-state index contributed by atoms with van der Waals surface area (Å²) in [4.78, 5) is 56.1. The van der Waals surface area contributed by atoms with Crippen LogP contribution in [0.2, 0.25) is 0 Å². The number of amides is 4. The number of fused-ring (bicyclic) bond motifs is 1. The number of carbonyl (C=O) groups excluding carboxylic acids is 4. The van der Waals surface area contributed by atoms with E-state index in [0.717, 1.165) is 16.3 Å². The van der Waals surface area contributed by atoms with Crippen LogP contribution >= 0.6 is 0 Å². The lowest BCUT2D eigenvalue weighted by atomic mass is 10.0. The Hall–Kier alpha value is -4.25. The molecule has 3 rings (SSSR count). The molecule has 0 radical (unpaired) electrons. The first kappa shape index (κ1) is 28.3. The third-order valence-electron chi connectivity index (χ3n) is 5.43. The summed E-state index contributed by atoms with van der Waals surface area (Å²) >= 11 is 0. The van der Waals surface area contributed by atoms with Crippen molar-refractivity contribution < 1.29 is 28.5 Å². The summed E-state index contributed by atoms with van der Waals surface area (Å²) in [6.45, 7) is 8.61. The predicted octanol–water partition coefficient (Wildman–Crippen LogP) is 2.29. The first-order valence-corrected chi connectivity index (χ1v) is 12.2. The van der Waals surface area contributed by atoms with Crippen LogP contribution < -0.4 is 21.4 Å². The number of aryl methyl sites for hydroxylation is 1. The van der Waals surface area contributed by atoms with Crippen molar-refractivity contribution in [3.8, 4) is 0 Å². The Labute approximate surface area is 220 Å². The second kappa shape index (κ2) is 12.3. The van der Waals surface area contributed by atoms with Gasteiger partial charge in [0.1, 0.15) is 17.8 Å². The predicted molar refractivity (Wildman–Crippen MR) is 139 cm³/mol. The summed E-state index contributed by atoms with van der Waals surface area (Å²) in [6, 6.07) is 12.8. The van der Waals surface area contributed by atoms with Crippen LogP contribution in [-0.4, -0.2) is 46.5 Å². The molecule has 4 N–H and O–H groups in total. The summed E-state index contributed by atoms with van der Waals surface area (Å²) in [6.07, 6.45) is -0.436. The van der Waals surface area contributed by atoms with Crippen molar-refractivity contribution in [2.45, 2.75) is 65.3 Å². The van der Waals surface area contributed by atoms with E-state index >= 15 is 0 Å². The Morgan fingerprint density at radius 2 is 1.71 bits per heavy atom. The number of rotatable bonds is 10. The molecule has 0 aliphatic heterocycles. The molecule has 0 spiro atoms. The molecule has 11 nitrogen and oxygen atoms in total. The van der Waals surface area contributed by atoms with Crippen LogP contribution in [0.1, 0.15) is 55.9 Å². The molecule has 1 heterocycles. The van der Waals surface area contributed by atoms with Gasteiger partial charge in [0.25, 0.3) is 5.91 Å². The minimum atomic E-state index is -1.31. The molecule has 0 saturated heterocycles. The largest absolute Gasteiger partial charge is 0.361 e. The topological polar surface area (TPSA) is 152 Å². The highest BCUT2D eigenvalue weighted by atomic mass is 16.7. The van der Waals surface area contributed by atoms with E-state index in [9.17, 15) is 19.2 Å². The van der Waals surface area contributed by atoms with E-state index in [-0.39, 0.29) is 12.2 Å². The van der Waals surface area contributed by atoms with Gasteiger partial charge in [-0.2, -0.15) is 0 Å². The number of carbonyl (C=O) groups is 4. The van der Waals surface area contributed by atoms with Crippen LogP contribution in [0.5, 0.6) is 0 Å². The zero-order chi connectivity index (χ0) is 27.9. The summed E-state index contributed by atoms with van der Waals surface area (Å²) in [5.41, 5.74) is 2.49. The Balaban J connectivity index is 1.64. The first-order chi connectivity index (χ1) is 17.9. The maximum Gasteiger partial charge on any atom is 0.274 e. The summed E-state index contributed by atoms with van der Waals surface area (Å²) < 4.78 is 4.91. The number of hydrogen-bond acceptors (Lipinski definition) is 7. The lowest BCUT2D eigenvalue weighted by molar-refractivity contribution is -0.147. The van der Waals surface area contributed by atoms with Gasteiger partial charge in [0.05, 0.1) is 12.0 Å². The van der Waals surface area contributed by atoms with Gasteiger partial charge in [-0.1, -0.05) is 47.6 Å². The number of benzene rings is 2. The SMILES string of the molecule is Cc1cc(C(=O)NC(CC(=O)NOC(C)(C)C)C(=O)N[C@@H](C)C(=O)NCc2cccc3ccccc23)no1. The fourth-order valence-electron chi connectivity index (χ4n) is 3.51. The molecule has 0 aliphatic rings. The lowest BCUT2D eigenvalue weighted by Gasteiger charge is -2.22. The van der Waals surface area contributed by atoms with Crippen molar-refractivity contribution in [2.75, 3.05) is 0 Å². The van der Waals surface area contributed by atoms with Gasteiger partial charge in [0.15, 0.2) is 5.69 Å². The second-order valence-corrected chi connectivity index (χ2v) is 9.88. The number of hydrogen-bond donors (Lipinski definition) is 4. The molecule has 0 aliphatic carbocycles. The molecule has 0 saturated carbocycles. The Morgan fingerprint density at radius 3 is 2.39 bits per heavy atom. The minimum Gasteiger partial charge on any atom is -0.361 e. The van der Waals surface area contributed by atoms with Crippen LogP contribution in [0.3, 0.4) is 0 Å². The molecular formula is C27H33N5O6. The van der Waals surface area contributed by atoms with Crippen LogP contribution in [-0.2, 0) is 25.8 Å². The van der Waals surface area contributed by atoms with E-state index in [1.54, 1.807) is 27.7 Å². The fourth-order valence-corrected chi connectivity index (χ4v) is 3.51. The molecule has 0 fully saturated rings. The van der Waals surface area contributed by atoms with Gasteiger partial charge in [0.2, 0.25) is 17.7 Å². The molecule has 1 unspecified atom stereocenters. The summed E-state index contributed by atoms with van der Waals surface area (Å²) in [7, 11) is 0. The zero-order valence-corrected chi connectivity index (χ0v) is 22.1. The van der Waals surface area contributed by atoms with Gasteiger partial charge in [0, 0.05) is 12.6 Å². The molecule has 3 aromatic rings. The van der Waals surface area contributed by atoms with E-state index in [4.69, 9.17) is 9.36 Å². The lowest BCUT2D eigenvalue weighted by Crippen LogP contribution is -2.54. The molecule has 4 amide bonds. The Kier molecular flexibility index (Phi) is 9.19. The van der Waals surface area contributed by atoms with E-state index in [2.05, 4.69) is 26.6 Å². The summed E-state index contributed by atoms with van der Waals surface area (Å²) in [5.74, 6) is -2.09. The van der Waals surface area contributed by atoms with Gasteiger partial charge >= 0.3 is 0 Å². The monoisotopic (exact) mass is 523 g/mol. The van der Waals surface area contributed by atoms with Crippen LogP contribution in [0.4, 0.5) is 0 Å². The van der Waals surface area contributed by atoms with E-state index in [1.807, 2.05) is 42.5 Å². The highest BCUT2D eigenvalue weighted by molar-refractivity contribution is 5.98. The molecular weight excluding hydrogens is 490 g/mol. The minimum absolute atomic E-state index is 0.0486. The quantitative estimate of drug-likeness (QED) is 0.298. The van der Waals surface area contributed by atoms with Gasteiger partial charge < -0.3 is 20.5 Å². The van der Waals surface area contributed by atoms with Crippen molar-refractivity contribution in [2.24, 2.45) is 0 Å². The van der Waals surface area contributed by atoms with Crippen LogP contribution in [0.15, 0.2) is 53.1 Å². The number of aromatic nitrogens is 1. The van der Waals surface area contributed by atoms with Crippen molar-refractivity contribution in [3.05, 3.63) is 65.5 Å². The van der Waals surface area contributed by atoms with Crippen LogP contribution in [0, 0.1) is 6.92 Å². The molecule has 2 atom stereocenters. The van der Waals surface area contributed by atoms with Crippen molar-refractivity contribution >= 4 is 34.4 Å². The maximum absolute atomic E-state index is 13.0. The van der Waals surface area contributed by atoms with Crippen molar-refractivity contribution in [1.29, 1.82) is 0 Å². The van der Waals surface area contributed by atoms with Gasteiger partial charge in [-0.3, -0.25) is 24.0 Å². The standard InChI is InChI=1S/C27H33N5O6/c1-16-13-22(31-37-16)26(36)30-21(14-23(33)32-38-27(3,4)5)25(35)29-17(2)24(34)28-15-19-11-8-10-18-9-6-7-12-20(18)19/h6-13,17,21H,14-15H2,1-5H3,(H,28,34)(H,29,35)(H,30,36)(H,32,33)/t17-,21?/m0/s1. The van der Waals surface area contributed by atoms with Crippen LogP contribution in [0.25, 0.3) is 10.8 Å². The molecule has 11 heteroatoms. The van der Waals surface area contributed by atoms with E-state index in [0.29, 0.717) is 5.76 Å². The van der Waals surface area contributed by atoms with E-state index in [1.165, 1.54) is 13.0 Å². The number of hydroxylamine groups is 1. The van der Waals surface area contributed by atoms with Gasteiger partial charge in [-0.05, 0) is 51.0 Å². The third-order valence-corrected chi connectivity index (χ3v) is 5.43. The molecule has 0 bridgehead atoms. The Morgan fingerprint density at radius 1 is 1.00 bits per heavy atom. The number of nitrogens with zero attached hydrogens (tertiary/aromatic N) is 1. The first-order valence-electron chi connectivity index (χ1n) is 12.2. The molecule has 38 heavy (non-hydrogen) atoms. The highest BCUT2D eigenvalue weighted by Crippen LogP contribution is 2.18. The molecule has 1 aromatic heterocycles. The summed E-state index contributed by atoms with van der Waals surface area (Å²) in [5, 5.41) is 13.6. The Bertz CT molecular complexity index is 1310. The average Bonchev–Trinajstić information content (AvgIpc) is 3.31. The van der Waals surface area contributed by atoms with Gasteiger partial charge in [-0.15, -0.1) is 0 Å². The van der Waals surface area contributed by atoms with Crippen molar-refractivity contribution in [3.63, 3.8) is 0 Å². The van der Waals surface area contributed by atoms with E-state index < -0.39 is 47.7 Å². The average molecular weight is 524 g/mol. The van der Waals surface area contributed by atoms with Gasteiger partial charge in [-0.25, -0.2) is 5.48 Å². The fraction of sp³-hybridized carbons (Fsp3) is 0.370. The third kappa shape index (κ3) is 8.13. The molecule has 202 valence electrons.